The van der Waals surface area contributed by atoms with E-state index in [-0.39, 0.29) is 17.7 Å². The van der Waals surface area contributed by atoms with Gasteiger partial charge in [0.1, 0.15) is 23.2 Å². The number of nitrogens with zero attached hydrogens (tertiary/aromatic N) is 1. The van der Waals surface area contributed by atoms with Crippen LogP contribution in [0.3, 0.4) is 0 Å². The van der Waals surface area contributed by atoms with E-state index in [9.17, 15) is 13.6 Å². The summed E-state index contributed by atoms with van der Waals surface area (Å²) in [7, 11) is 1.25. The number of carbonyl (C=O) groups excluding carboxylic acids is 1. The zero-order valence-corrected chi connectivity index (χ0v) is 9.54. The first kappa shape index (κ1) is 12.2. The van der Waals surface area contributed by atoms with Gasteiger partial charge in [-0.15, -0.1) is 0 Å². The molecular formula is C12H10F2N2O2. The molecule has 0 bridgehead atoms. The molecule has 2 aromatic rings. The van der Waals surface area contributed by atoms with E-state index in [4.69, 9.17) is 0 Å². The van der Waals surface area contributed by atoms with Gasteiger partial charge in [0.25, 0.3) is 0 Å². The molecule has 0 aliphatic rings. The highest BCUT2D eigenvalue weighted by atomic mass is 19.1. The van der Waals surface area contributed by atoms with Gasteiger partial charge in [-0.2, -0.15) is 0 Å². The highest BCUT2D eigenvalue weighted by Gasteiger charge is 2.11. The maximum atomic E-state index is 13.4. The monoisotopic (exact) mass is 252 g/mol. The van der Waals surface area contributed by atoms with Crippen molar-refractivity contribution in [1.82, 2.24) is 9.97 Å². The van der Waals surface area contributed by atoms with Crippen LogP contribution in [0.5, 0.6) is 0 Å². The molecule has 0 aliphatic heterocycles. The molecular weight excluding hydrogens is 242 g/mol. The highest BCUT2D eigenvalue weighted by molar-refractivity contribution is 5.86. The Balaban J connectivity index is 2.21. The number of hydrogen-bond donors (Lipinski definition) is 1. The van der Waals surface area contributed by atoms with Gasteiger partial charge in [-0.3, -0.25) is 0 Å². The first-order valence-electron chi connectivity index (χ1n) is 5.16. The number of benzene rings is 1. The number of aromatic nitrogens is 2. The van der Waals surface area contributed by atoms with Crippen molar-refractivity contribution in [2.75, 3.05) is 7.11 Å². The number of ether oxygens (including phenoxy) is 1. The third-order valence-electron chi connectivity index (χ3n) is 2.40. The summed E-state index contributed by atoms with van der Waals surface area (Å²) < 4.78 is 30.9. The topological polar surface area (TPSA) is 55.0 Å². The smallest absolute Gasteiger partial charge is 0.356 e. The molecule has 1 aromatic carbocycles. The van der Waals surface area contributed by atoms with Crippen LogP contribution >= 0.6 is 0 Å². The average molecular weight is 252 g/mol. The van der Waals surface area contributed by atoms with E-state index in [1.54, 1.807) is 0 Å². The summed E-state index contributed by atoms with van der Waals surface area (Å²) in [5.74, 6) is -1.24. The Labute approximate surface area is 102 Å². The zero-order chi connectivity index (χ0) is 13.1. The fraction of sp³-hybridized carbons (Fsp3) is 0.167. The Morgan fingerprint density at radius 1 is 1.44 bits per heavy atom. The summed E-state index contributed by atoms with van der Waals surface area (Å²) in [6.07, 6.45) is 1.36. The lowest BCUT2D eigenvalue weighted by Gasteiger charge is -2.01. The number of hydrogen-bond acceptors (Lipinski definition) is 3. The molecule has 6 heteroatoms. The average Bonchev–Trinajstić information content (AvgIpc) is 2.81. The van der Waals surface area contributed by atoms with E-state index in [1.807, 2.05) is 0 Å². The first-order valence-corrected chi connectivity index (χ1v) is 5.16. The third kappa shape index (κ3) is 2.53. The molecule has 0 radical (unpaired) electrons. The molecule has 0 spiro atoms. The summed E-state index contributed by atoms with van der Waals surface area (Å²) in [5.41, 5.74) is 0.338. The predicted molar refractivity (Wildman–Crippen MR) is 59.1 cm³/mol. The molecule has 0 fully saturated rings. The molecule has 1 aromatic heterocycles. The van der Waals surface area contributed by atoms with E-state index < -0.39 is 17.6 Å². The van der Waals surface area contributed by atoms with E-state index >= 15 is 0 Å². The van der Waals surface area contributed by atoms with Crippen LogP contribution in [0.15, 0.2) is 24.4 Å². The van der Waals surface area contributed by atoms with Crippen molar-refractivity contribution in [1.29, 1.82) is 0 Å². The van der Waals surface area contributed by atoms with Crippen molar-refractivity contribution in [2.24, 2.45) is 0 Å². The largest absolute Gasteiger partial charge is 0.464 e. The molecule has 1 heterocycles. The van der Waals surface area contributed by atoms with E-state index in [1.165, 1.54) is 13.3 Å². The Hall–Kier alpha value is -2.24. The van der Waals surface area contributed by atoms with Crippen LogP contribution in [0.1, 0.15) is 21.9 Å². The number of carbonyl (C=O) groups is 1. The van der Waals surface area contributed by atoms with Gasteiger partial charge in [-0.25, -0.2) is 18.6 Å². The SMILES string of the molecule is COC(=O)c1cnc(Cc2cc(F)ccc2F)[nH]1. The van der Waals surface area contributed by atoms with Crippen LogP contribution in [0.25, 0.3) is 0 Å². The second-order valence-electron chi connectivity index (χ2n) is 3.65. The predicted octanol–water partition coefficient (Wildman–Crippen LogP) is 2.07. The lowest BCUT2D eigenvalue weighted by Crippen LogP contribution is -2.02. The second-order valence-corrected chi connectivity index (χ2v) is 3.65. The number of methoxy groups -OCH3 is 1. The molecule has 2 rings (SSSR count). The van der Waals surface area contributed by atoms with E-state index in [0.717, 1.165) is 18.2 Å². The molecule has 1 N–H and O–H groups in total. The fourth-order valence-corrected chi connectivity index (χ4v) is 1.53. The number of imidazole rings is 1. The third-order valence-corrected chi connectivity index (χ3v) is 2.40. The number of nitrogens with one attached hydrogen (secondary N) is 1. The quantitative estimate of drug-likeness (QED) is 0.851. The number of rotatable bonds is 3. The standard InChI is InChI=1S/C12H10F2N2O2/c1-18-12(17)10-6-15-11(16-10)5-7-4-8(13)2-3-9(7)14/h2-4,6H,5H2,1H3,(H,15,16). The van der Waals surface area contributed by atoms with Gasteiger partial charge in [0, 0.05) is 6.42 Å². The van der Waals surface area contributed by atoms with Gasteiger partial charge in [0.15, 0.2) is 0 Å². The maximum absolute atomic E-state index is 13.4. The van der Waals surface area contributed by atoms with Crippen molar-refractivity contribution in [3.63, 3.8) is 0 Å². The van der Waals surface area contributed by atoms with Crippen LogP contribution < -0.4 is 0 Å². The zero-order valence-electron chi connectivity index (χ0n) is 9.54. The molecule has 0 saturated carbocycles. The highest BCUT2D eigenvalue weighted by Crippen LogP contribution is 2.13. The molecule has 0 aliphatic carbocycles. The minimum absolute atomic E-state index is 0.0700. The van der Waals surface area contributed by atoms with E-state index in [0.29, 0.717) is 5.82 Å². The Kier molecular flexibility index (Phi) is 3.36. The maximum Gasteiger partial charge on any atom is 0.356 e. The Morgan fingerprint density at radius 3 is 2.94 bits per heavy atom. The normalized spacial score (nSPS) is 10.4. The van der Waals surface area contributed by atoms with Crippen molar-refractivity contribution in [3.05, 3.63) is 53.1 Å². The first-order chi connectivity index (χ1) is 8.60. The van der Waals surface area contributed by atoms with Crippen molar-refractivity contribution in [2.45, 2.75) is 6.42 Å². The van der Waals surface area contributed by atoms with Crippen molar-refractivity contribution >= 4 is 5.97 Å². The fourth-order valence-electron chi connectivity index (χ4n) is 1.53. The van der Waals surface area contributed by atoms with Crippen molar-refractivity contribution in [3.8, 4) is 0 Å². The molecule has 18 heavy (non-hydrogen) atoms. The Morgan fingerprint density at radius 2 is 2.22 bits per heavy atom. The van der Waals surface area contributed by atoms with Crippen LogP contribution in [0.4, 0.5) is 8.78 Å². The Bertz CT molecular complexity index is 581. The summed E-state index contributed by atoms with van der Waals surface area (Å²) in [6.45, 7) is 0. The number of H-pyrrole nitrogens is 1. The minimum atomic E-state index is -0.562. The molecule has 4 nitrogen and oxygen atoms in total. The second kappa shape index (κ2) is 4.95. The van der Waals surface area contributed by atoms with Gasteiger partial charge < -0.3 is 9.72 Å². The van der Waals surface area contributed by atoms with Crippen LogP contribution in [0, 0.1) is 11.6 Å². The summed E-state index contributed by atoms with van der Waals surface area (Å²) >= 11 is 0. The van der Waals surface area contributed by atoms with Gasteiger partial charge in [-0.1, -0.05) is 0 Å². The summed E-state index contributed by atoms with van der Waals surface area (Å²) in [6, 6.07) is 3.19. The van der Waals surface area contributed by atoms with Crippen molar-refractivity contribution < 1.29 is 18.3 Å². The minimum Gasteiger partial charge on any atom is -0.464 e. The van der Waals surface area contributed by atoms with Crippen LogP contribution in [0.2, 0.25) is 0 Å². The summed E-state index contributed by atoms with van der Waals surface area (Å²) in [5, 5.41) is 0. The molecule has 94 valence electrons. The van der Waals surface area contributed by atoms with Gasteiger partial charge in [-0.05, 0) is 23.8 Å². The summed E-state index contributed by atoms with van der Waals surface area (Å²) in [4.78, 5) is 17.8. The lowest BCUT2D eigenvalue weighted by atomic mass is 10.1. The van der Waals surface area contributed by atoms with Gasteiger partial charge >= 0.3 is 5.97 Å². The number of halogens is 2. The molecule has 0 unspecified atom stereocenters. The van der Waals surface area contributed by atoms with E-state index in [2.05, 4.69) is 14.7 Å². The molecule has 0 atom stereocenters. The van der Waals surface area contributed by atoms with Gasteiger partial charge in [0.05, 0.1) is 13.3 Å². The lowest BCUT2D eigenvalue weighted by molar-refractivity contribution is 0.0594. The molecule has 0 saturated heterocycles. The number of aromatic amines is 1. The van der Waals surface area contributed by atoms with Crippen LogP contribution in [-0.4, -0.2) is 23.0 Å². The van der Waals surface area contributed by atoms with Crippen LogP contribution in [-0.2, 0) is 11.2 Å². The number of esters is 1. The molecule has 0 amide bonds. The van der Waals surface area contributed by atoms with Gasteiger partial charge in [0.2, 0.25) is 0 Å².